The van der Waals surface area contributed by atoms with E-state index in [4.69, 9.17) is 5.73 Å². The molecule has 0 saturated carbocycles. The van der Waals surface area contributed by atoms with Gasteiger partial charge in [-0.3, -0.25) is 10.2 Å². The van der Waals surface area contributed by atoms with Crippen molar-refractivity contribution in [1.29, 1.82) is 0 Å². The van der Waals surface area contributed by atoms with E-state index in [1.807, 2.05) is 0 Å². The number of nitrogens with two attached hydrogens (primary N) is 1. The molecule has 0 fully saturated rings. The van der Waals surface area contributed by atoms with Crippen molar-refractivity contribution < 1.29 is 9.53 Å². The third kappa shape index (κ3) is 7.20. The first-order valence-corrected chi connectivity index (χ1v) is 4.12. The minimum atomic E-state index is -0.259. The van der Waals surface area contributed by atoms with Crippen molar-refractivity contribution in [1.82, 2.24) is 5.43 Å². The van der Waals surface area contributed by atoms with Gasteiger partial charge in [0.25, 0.3) is 0 Å². The average Bonchev–Trinajstić information content (AvgIpc) is 2.10. The molecule has 0 aromatic carbocycles. The fraction of sp³-hybridized carbons (Fsp3) is 0.571. The number of nitrogens with zero attached hydrogens (tertiary/aromatic N) is 1. The molecule has 0 spiro atoms. The number of ether oxygens (including phenoxy) is 1. The SMILES string of the molecule is COC(=O)CC/C(C)=N/NC(N)=S. The van der Waals surface area contributed by atoms with Crippen LogP contribution < -0.4 is 11.2 Å². The summed E-state index contributed by atoms with van der Waals surface area (Å²) in [5.74, 6) is -0.259. The molecule has 3 N–H and O–H groups in total. The number of methoxy groups -OCH3 is 1. The first kappa shape index (κ1) is 11.8. The molecule has 0 bridgehead atoms. The maximum Gasteiger partial charge on any atom is 0.305 e. The zero-order valence-corrected chi connectivity index (χ0v) is 8.48. The Morgan fingerprint density at radius 3 is 2.69 bits per heavy atom. The van der Waals surface area contributed by atoms with Crippen LogP contribution in [0.15, 0.2) is 5.10 Å². The largest absolute Gasteiger partial charge is 0.469 e. The number of hydrogen-bond donors (Lipinski definition) is 2. The van der Waals surface area contributed by atoms with Crippen molar-refractivity contribution in [2.24, 2.45) is 10.8 Å². The molecule has 0 amide bonds. The van der Waals surface area contributed by atoms with Crippen molar-refractivity contribution in [3.05, 3.63) is 0 Å². The minimum Gasteiger partial charge on any atom is -0.469 e. The zero-order valence-electron chi connectivity index (χ0n) is 7.66. The van der Waals surface area contributed by atoms with Gasteiger partial charge >= 0.3 is 5.97 Å². The first-order valence-electron chi connectivity index (χ1n) is 3.71. The lowest BCUT2D eigenvalue weighted by molar-refractivity contribution is -0.140. The minimum absolute atomic E-state index is 0.109. The van der Waals surface area contributed by atoms with Crippen LogP contribution in [0, 0.1) is 0 Å². The van der Waals surface area contributed by atoms with Crippen LogP contribution in [0.1, 0.15) is 19.8 Å². The van der Waals surface area contributed by atoms with Gasteiger partial charge in [0, 0.05) is 5.71 Å². The van der Waals surface area contributed by atoms with E-state index in [2.05, 4.69) is 27.5 Å². The lowest BCUT2D eigenvalue weighted by Gasteiger charge is -2.00. The van der Waals surface area contributed by atoms with Crippen LogP contribution in [0.25, 0.3) is 0 Å². The van der Waals surface area contributed by atoms with Crippen molar-refractivity contribution in [3.8, 4) is 0 Å². The quantitative estimate of drug-likeness (QED) is 0.294. The van der Waals surface area contributed by atoms with Gasteiger partial charge in [0.1, 0.15) is 0 Å². The van der Waals surface area contributed by atoms with Crippen LogP contribution >= 0.6 is 12.2 Å². The summed E-state index contributed by atoms with van der Waals surface area (Å²) in [6, 6.07) is 0. The van der Waals surface area contributed by atoms with Gasteiger partial charge in [0.05, 0.1) is 13.5 Å². The third-order valence-corrected chi connectivity index (χ3v) is 1.37. The predicted molar refractivity (Wildman–Crippen MR) is 54.3 cm³/mol. The Hall–Kier alpha value is -1.17. The monoisotopic (exact) mass is 203 g/mol. The van der Waals surface area contributed by atoms with E-state index in [0.717, 1.165) is 5.71 Å². The van der Waals surface area contributed by atoms with Gasteiger partial charge in [-0.2, -0.15) is 5.10 Å². The Bertz CT molecular complexity index is 228. The lowest BCUT2D eigenvalue weighted by Crippen LogP contribution is -2.25. The van der Waals surface area contributed by atoms with E-state index in [1.54, 1.807) is 6.92 Å². The molecule has 0 aromatic rings. The fourth-order valence-electron chi connectivity index (χ4n) is 0.591. The molecule has 6 heteroatoms. The van der Waals surface area contributed by atoms with E-state index in [9.17, 15) is 4.79 Å². The summed E-state index contributed by atoms with van der Waals surface area (Å²) < 4.78 is 4.46. The number of rotatable bonds is 4. The zero-order chi connectivity index (χ0) is 10.3. The first-order chi connectivity index (χ1) is 6.06. The molecule has 0 aliphatic heterocycles. The Kier molecular flexibility index (Phi) is 5.79. The van der Waals surface area contributed by atoms with Crippen LogP contribution in [0.3, 0.4) is 0 Å². The van der Waals surface area contributed by atoms with Gasteiger partial charge < -0.3 is 10.5 Å². The Morgan fingerprint density at radius 1 is 1.62 bits per heavy atom. The molecule has 0 aromatic heterocycles. The van der Waals surface area contributed by atoms with Crippen molar-refractivity contribution in [2.45, 2.75) is 19.8 Å². The van der Waals surface area contributed by atoms with E-state index >= 15 is 0 Å². The Morgan fingerprint density at radius 2 is 2.23 bits per heavy atom. The standard InChI is InChI=1S/C7H13N3O2S/c1-5(9-10-7(8)13)3-4-6(11)12-2/h3-4H2,1-2H3,(H3,8,10,13)/b9-5+. The molecule has 0 unspecified atom stereocenters. The van der Waals surface area contributed by atoms with Crippen molar-refractivity contribution >= 4 is 29.0 Å². The van der Waals surface area contributed by atoms with Gasteiger partial charge in [-0.05, 0) is 25.6 Å². The highest BCUT2D eigenvalue weighted by molar-refractivity contribution is 7.80. The predicted octanol–water partition coefficient (Wildman–Crippen LogP) is 0.149. The Labute approximate surface area is 82.3 Å². The van der Waals surface area contributed by atoms with Gasteiger partial charge in [-0.15, -0.1) is 0 Å². The molecule has 0 aliphatic rings. The second-order valence-electron chi connectivity index (χ2n) is 2.40. The molecule has 74 valence electrons. The number of thiocarbonyl (C=S) groups is 1. The molecular formula is C7H13N3O2S. The smallest absolute Gasteiger partial charge is 0.305 e. The van der Waals surface area contributed by atoms with Gasteiger partial charge in [0.2, 0.25) is 0 Å². The number of hydrogen-bond acceptors (Lipinski definition) is 4. The summed E-state index contributed by atoms with van der Waals surface area (Å²) in [4.78, 5) is 10.7. The van der Waals surface area contributed by atoms with Crippen molar-refractivity contribution in [2.75, 3.05) is 7.11 Å². The second-order valence-corrected chi connectivity index (χ2v) is 2.84. The summed E-state index contributed by atoms with van der Waals surface area (Å²) in [6.07, 6.45) is 0.840. The molecule has 0 radical (unpaired) electrons. The number of carbonyl (C=O) groups excluding carboxylic acids is 1. The van der Waals surface area contributed by atoms with E-state index in [1.165, 1.54) is 7.11 Å². The highest BCUT2D eigenvalue weighted by Crippen LogP contribution is 1.93. The summed E-state index contributed by atoms with van der Waals surface area (Å²) in [6.45, 7) is 1.77. The normalized spacial score (nSPS) is 10.8. The summed E-state index contributed by atoms with van der Waals surface area (Å²) >= 11 is 4.54. The third-order valence-electron chi connectivity index (χ3n) is 1.28. The van der Waals surface area contributed by atoms with Crippen molar-refractivity contribution in [3.63, 3.8) is 0 Å². The molecular weight excluding hydrogens is 190 g/mol. The second kappa shape index (κ2) is 6.36. The highest BCUT2D eigenvalue weighted by atomic mass is 32.1. The Balaban J connectivity index is 3.73. The fourth-order valence-corrected chi connectivity index (χ4v) is 0.637. The molecule has 13 heavy (non-hydrogen) atoms. The summed E-state index contributed by atoms with van der Waals surface area (Å²) in [5, 5.41) is 3.93. The maximum atomic E-state index is 10.7. The van der Waals surface area contributed by atoms with Gasteiger partial charge in [0.15, 0.2) is 5.11 Å². The van der Waals surface area contributed by atoms with E-state index in [0.29, 0.717) is 12.8 Å². The molecule has 5 nitrogen and oxygen atoms in total. The van der Waals surface area contributed by atoms with Crippen LogP contribution in [0.4, 0.5) is 0 Å². The summed E-state index contributed by atoms with van der Waals surface area (Å²) in [7, 11) is 1.35. The molecule has 0 heterocycles. The van der Waals surface area contributed by atoms with Crippen LogP contribution in [-0.4, -0.2) is 23.9 Å². The number of carbonyl (C=O) groups is 1. The van der Waals surface area contributed by atoms with Crippen LogP contribution in [-0.2, 0) is 9.53 Å². The average molecular weight is 203 g/mol. The van der Waals surface area contributed by atoms with Crippen LogP contribution in [0.2, 0.25) is 0 Å². The number of hydrazone groups is 1. The topological polar surface area (TPSA) is 76.7 Å². The molecule has 0 atom stereocenters. The molecule has 0 aliphatic carbocycles. The van der Waals surface area contributed by atoms with Gasteiger partial charge in [-0.25, -0.2) is 0 Å². The summed E-state index contributed by atoms with van der Waals surface area (Å²) in [5.41, 5.74) is 8.32. The van der Waals surface area contributed by atoms with Gasteiger partial charge in [-0.1, -0.05) is 0 Å². The lowest BCUT2D eigenvalue weighted by atomic mass is 10.2. The van der Waals surface area contributed by atoms with E-state index < -0.39 is 0 Å². The number of esters is 1. The molecule has 0 rings (SSSR count). The van der Waals surface area contributed by atoms with Crippen LogP contribution in [0.5, 0.6) is 0 Å². The highest BCUT2D eigenvalue weighted by Gasteiger charge is 2.00. The van der Waals surface area contributed by atoms with E-state index in [-0.39, 0.29) is 11.1 Å². The maximum absolute atomic E-state index is 10.7. The molecule has 0 saturated heterocycles. The number of nitrogens with one attached hydrogen (secondary N) is 1.